The van der Waals surface area contributed by atoms with E-state index >= 15 is 0 Å². The Morgan fingerprint density at radius 3 is 3.00 bits per heavy atom. The third-order valence-electron chi connectivity index (χ3n) is 3.17. The van der Waals surface area contributed by atoms with Crippen molar-refractivity contribution in [1.29, 1.82) is 0 Å². The lowest BCUT2D eigenvalue weighted by atomic mass is 10.1. The number of rotatable bonds is 3. The van der Waals surface area contributed by atoms with Crippen molar-refractivity contribution in [2.45, 2.75) is 38.8 Å². The molecule has 0 spiro atoms. The SMILES string of the molecule is CCC1CCSC(NC(C)c2ccccc2Cl)=N1. The molecule has 1 aliphatic rings. The highest BCUT2D eigenvalue weighted by molar-refractivity contribution is 8.13. The van der Waals surface area contributed by atoms with Crippen LogP contribution in [0.5, 0.6) is 0 Å². The molecule has 2 unspecified atom stereocenters. The summed E-state index contributed by atoms with van der Waals surface area (Å²) in [6, 6.07) is 8.64. The Kier molecular flexibility index (Phi) is 4.95. The third kappa shape index (κ3) is 3.42. The first-order valence-corrected chi connectivity index (χ1v) is 7.78. The van der Waals surface area contributed by atoms with Crippen LogP contribution in [0.4, 0.5) is 0 Å². The Hall–Kier alpha value is -0.670. The van der Waals surface area contributed by atoms with Crippen LogP contribution in [0.1, 0.15) is 38.3 Å². The number of hydrogen-bond donors (Lipinski definition) is 1. The Bertz CT molecular complexity index is 434. The first kappa shape index (κ1) is 13.8. The molecule has 0 amide bonds. The van der Waals surface area contributed by atoms with E-state index in [0.717, 1.165) is 27.9 Å². The molecule has 0 bridgehead atoms. The highest BCUT2D eigenvalue weighted by Gasteiger charge is 2.17. The predicted molar refractivity (Wildman–Crippen MR) is 81.6 cm³/mol. The Balaban J connectivity index is 2.05. The van der Waals surface area contributed by atoms with Crippen LogP contribution in [0.2, 0.25) is 5.02 Å². The maximum atomic E-state index is 6.21. The highest BCUT2D eigenvalue weighted by Crippen LogP contribution is 2.25. The van der Waals surface area contributed by atoms with Gasteiger partial charge in [0.25, 0.3) is 0 Å². The largest absolute Gasteiger partial charge is 0.358 e. The Labute approximate surface area is 118 Å². The molecule has 2 nitrogen and oxygen atoms in total. The smallest absolute Gasteiger partial charge is 0.157 e. The van der Waals surface area contributed by atoms with Crippen LogP contribution in [-0.2, 0) is 0 Å². The van der Waals surface area contributed by atoms with Gasteiger partial charge in [-0.25, -0.2) is 0 Å². The Morgan fingerprint density at radius 1 is 1.50 bits per heavy atom. The van der Waals surface area contributed by atoms with Crippen molar-refractivity contribution >= 4 is 28.5 Å². The van der Waals surface area contributed by atoms with Gasteiger partial charge in [-0.15, -0.1) is 0 Å². The molecule has 0 aromatic heterocycles. The number of hydrogen-bond acceptors (Lipinski definition) is 3. The number of thioether (sulfide) groups is 1. The molecule has 18 heavy (non-hydrogen) atoms. The van der Waals surface area contributed by atoms with Gasteiger partial charge < -0.3 is 5.32 Å². The molecular formula is C14H19ClN2S. The number of benzene rings is 1. The standard InChI is InChI=1S/C14H19ClN2S/c1-3-11-8-9-18-14(17-11)16-10(2)12-6-4-5-7-13(12)15/h4-7,10-11H,3,8-9H2,1-2H3,(H,16,17). The molecule has 1 aromatic rings. The fourth-order valence-corrected chi connectivity index (χ4v) is 3.39. The van der Waals surface area contributed by atoms with Gasteiger partial charge in [-0.1, -0.05) is 48.5 Å². The number of aliphatic imine (C=N–C) groups is 1. The van der Waals surface area contributed by atoms with Gasteiger partial charge >= 0.3 is 0 Å². The summed E-state index contributed by atoms with van der Waals surface area (Å²) in [7, 11) is 0. The van der Waals surface area contributed by atoms with Gasteiger partial charge in [-0.2, -0.15) is 0 Å². The fraction of sp³-hybridized carbons (Fsp3) is 0.500. The van der Waals surface area contributed by atoms with E-state index in [1.807, 2.05) is 18.2 Å². The lowest BCUT2D eigenvalue weighted by molar-refractivity contribution is 0.622. The van der Waals surface area contributed by atoms with E-state index in [9.17, 15) is 0 Å². The second kappa shape index (κ2) is 6.48. The zero-order valence-electron chi connectivity index (χ0n) is 10.8. The quantitative estimate of drug-likeness (QED) is 0.896. The van der Waals surface area contributed by atoms with Crippen LogP contribution in [-0.4, -0.2) is 17.0 Å². The molecule has 0 saturated carbocycles. The van der Waals surface area contributed by atoms with Gasteiger partial charge in [0.2, 0.25) is 0 Å². The van der Waals surface area contributed by atoms with Crippen molar-refractivity contribution in [3.05, 3.63) is 34.9 Å². The average Bonchev–Trinajstić information content (AvgIpc) is 2.39. The van der Waals surface area contributed by atoms with Crippen LogP contribution in [0.3, 0.4) is 0 Å². The zero-order valence-corrected chi connectivity index (χ0v) is 12.4. The molecule has 98 valence electrons. The van der Waals surface area contributed by atoms with Gasteiger partial charge in [-0.05, 0) is 31.4 Å². The van der Waals surface area contributed by atoms with Crippen molar-refractivity contribution in [3.8, 4) is 0 Å². The lowest BCUT2D eigenvalue weighted by Crippen LogP contribution is -2.29. The van der Waals surface area contributed by atoms with E-state index in [4.69, 9.17) is 16.6 Å². The van der Waals surface area contributed by atoms with Crippen LogP contribution in [0, 0.1) is 0 Å². The molecule has 0 aliphatic carbocycles. The van der Waals surface area contributed by atoms with E-state index in [2.05, 4.69) is 25.2 Å². The molecule has 0 saturated heterocycles. The molecule has 1 N–H and O–H groups in total. The summed E-state index contributed by atoms with van der Waals surface area (Å²) < 4.78 is 0. The number of halogens is 1. The van der Waals surface area contributed by atoms with E-state index in [0.29, 0.717) is 6.04 Å². The van der Waals surface area contributed by atoms with E-state index in [-0.39, 0.29) is 6.04 Å². The first-order chi connectivity index (χ1) is 8.70. The number of nitrogens with one attached hydrogen (secondary N) is 1. The molecule has 1 aliphatic heterocycles. The summed E-state index contributed by atoms with van der Waals surface area (Å²) >= 11 is 8.01. The van der Waals surface area contributed by atoms with Crippen molar-refractivity contribution < 1.29 is 0 Å². The summed E-state index contributed by atoms with van der Waals surface area (Å²) in [5.74, 6) is 1.15. The van der Waals surface area contributed by atoms with Crippen molar-refractivity contribution in [1.82, 2.24) is 5.32 Å². The maximum Gasteiger partial charge on any atom is 0.157 e. The summed E-state index contributed by atoms with van der Waals surface area (Å²) in [4.78, 5) is 4.72. The van der Waals surface area contributed by atoms with Crippen LogP contribution in [0.25, 0.3) is 0 Å². The van der Waals surface area contributed by atoms with Gasteiger partial charge in [0, 0.05) is 10.8 Å². The molecule has 0 fully saturated rings. The van der Waals surface area contributed by atoms with Crippen LogP contribution < -0.4 is 5.32 Å². The van der Waals surface area contributed by atoms with Crippen LogP contribution >= 0.6 is 23.4 Å². The van der Waals surface area contributed by atoms with Gasteiger partial charge in [0.1, 0.15) is 0 Å². The highest BCUT2D eigenvalue weighted by atomic mass is 35.5. The zero-order chi connectivity index (χ0) is 13.0. The average molecular weight is 283 g/mol. The number of amidine groups is 1. The topological polar surface area (TPSA) is 24.4 Å². The summed E-state index contributed by atoms with van der Waals surface area (Å²) in [6.07, 6.45) is 2.30. The second-order valence-electron chi connectivity index (χ2n) is 4.52. The molecule has 4 heteroatoms. The minimum atomic E-state index is 0.195. The van der Waals surface area contributed by atoms with Gasteiger partial charge in [-0.3, -0.25) is 4.99 Å². The maximum absolute atomic E-state index is 6.21. The minimum absolute atomic E-state index is 0.195. The second-order valence-corrected chi connectivity index (χ2v) is 6.01. The molecule has 1 aromatic carbocycles. The summed E-state index contributed by atoms with van der Waals surface area (Å²) in [6.45, 7) is 4.32. The molecular weight excluding hydrogens is 264 g/mol. The summed E-state index contributed by atoms with van der Waals surface area (Å²) in [5, 5.41) is 5.34. The van der Waals surface area contributed by atoms with Gasteiger partial charge in [0.05, 0.1) is 12.1 Å². The normalized spacial score (nSPS) is 21.3. The summed E-state index contributed by atoms with van der Waals surface area (Å²) in [5.41, 5.74) is 1.13. The molecule has 2 rings (SSSR count). The van der Waals surface area contributed by atoms with Crippen molar-refractivity contribution in [2.24, 2.45) is 4.99 Å². The van der Waals surface area contributed by atoms with Crippen molar-refractivity contribution in [2.75, 3.05) is 5.75 Å². The van der Waals surface area contributed by atoms with E-state index in [1.165, 1.54) is 6.42 Å². The van der Waals surface area contributed by atoms with E-state index < -0.39 is 0 Å². The molecule has 0 radical (unpaired) electrons. The lowest BCUT2D eigenvalue weighted by Gasteiger charge is -2.23. The molecule has 2 atom stereocenters. The Morgan fingerprint density at radius 2 is 2.28 bits per heavy atom. The molecule has 1 heterocycles. The van der Waals surface area contributed by atoms with E-state index in [1.54, 1.807) is 11.8 Å². The van der Waals surface area contributed by atoms with Crippen molar-refractivity contribution in [3.63, 3.8) is 0 Å². The van der Waals surface area contributed by atoms with Gasteiger partial charge in [0.15, 0.2) is 5.17 Å². The number of nitrogens with zero attached hydrogens (tertiary/aromatic N) is 1. The van der Waals surface area contributed by atoms with Crippen LogP contribution in [0.15, 0.2) is 29.3 Å². The minimum Gasteiger partial charge on any atom is -0.358 e. The first-order valence-electron chi connectivity index (χ1n) is 6.42. The third-order valence-corrected chi connectivity index (χ3v) is 4.45. The fourth-order valence-electron chi connectivity index (χ4n) is 2.02. The predicted octanol–water partition coefficient (Wildman–Crippen LogP) is 4.26. The monoisotopic (exact) mass is 282 g/mol.